The van der Waals surface area contributed by atoms with Crippen LogP contribution in [0.5, 0.6) is 0 Å². The zero-order valence-electron chi connectivity index (χ0n) is 24.9. The van der Waals surface area contributed by atoms with Crippen LogP contribution in [0, 0.1) is 11.3 Å². The van der Waals surface area contributed by atoms with Crippen LogP contribution in [-0.4, -0.2) is 102 Å². The molecular weight excluding hydrogens is 494 g/mol. The van der Waals surface area contributed by atoms with Gasteiger partial charge in [0.15, 0.2) is 0 Å². The lowest BCUT2D eigenvalue weighted by Gasteiger charge is -2.45. The lowest BCUT2D eigenvalue weighted by Crippen LogP contribution is -2.56. The lowest BCUT2D eigenvalue weighted by molar-refractivity contribution is -0.137. The average Bonchev–Trinajstić information content (AvgIpc) is 3.33. The molecule has 1 aliphatic carbocycles. The number of hydrogen-bond acceptors (Lipinski definition) is 6. The number of methoxy groups -OCH3 is 2. The van der Waals surface area contributed by atoms with Gasteiger partial charge in [0.2, 0.25) is 5.91 Å². The average molecular weight is 540 g/mol. The van der Waals surface area contributed by atoms with Crippen molar-refractivity contribution in [3.05, 3.63) is 34.8 Å². The third-order valence-corrected chi connectivity index (χ3v) is 9.44. The monoisotopic (exact) mass is 539 g/mol. The minimum absolute atomic E-state index is 0.0510. The molecule has 5 aliphatic rings. The quantitative estimate of drug-likeness (QED) is 0.540. The van der Waals surface area contributed by atoms with Gasteiger partial charge in [-0.25, -0.2) is 4.79 Å². The highest BCUT2D eigenvalue weighted by Crippen LogP contribution is 2.48. The zero-order chi connectivity index (χ0) is 28.3. The Morgan fingerprint density at radius 3 is 2.44 bits per heavy atom. The van der Waals surface area contributed by atoms with Crippen molar-refractivity contribution in [1.29, 1.82) is 0 Å². The number of likely N-dealkylation sites (tertiary alicyclic amines) is 1. The summed E-state index contributed by atoms with van der Waals surface area (Å²) < 4.78 is 11.5. The van der Waals surface area contributed by atoms with Crippen molar-refractivity contribution in [3.63, 3.8) is 0 Å². The second-order valence-electron chi connectivity index (χ2n) is 12.6. The molecule has 3 amide bonds. The molecule has 2 saturated heterocycles. The van der Waals surface area contributed by atoms with Crippen molar-refractivity contribution < 1.29 is 19.1 Å². The number of rotatable bonds is 4. The van der Waals surface area contributed by atoms with E-state index in [1.54, 1.807) is 14.2 Å². The Labute approximate surface area is 233 Å². The fraction of sp³-hybridized carbons (Fsp3) is 0.700. The van der Waals surface area contributed by atoms with Crippen LogP contribution in [0.15, 0.2) is 39.9 Å². The molecule has 214 valence electrons. The normalized spacial score (nSPS) is 28.8. The van der Waals surface area contributed by atoms with Gasteiger partial charge in [-0.3, -0.25) is 14.7 Å². The molecule has 0 radical (unpaired) electrons. The van der Waals surface area contributed by atoms with Gasteiger partial charge in [-0.2, -0.15) is 5.10 Å². The molecule has 0 aromatic rings. The number of hydrogen-bond donors (Lipinski definition) is 0. The van der Waals surface area contributed by atoms with E-state index in [-0.39, 0.29) is 35.4 Å². The summed E-state index contributed by atoms with van der Waals surface area (Å²) in [6.07, 6.45) is 7.16. The van der Waals surface area contributed by atoms with Crippen molar-refractivity contribution in [2.75, 3.05) is 47.4 Å². The van der Waals surface area contributed by atoms with E-state index in [2.05, 4.69) is 46.8 Å². The maximum Gasteiger partial charge on any atom is 0.325 e. The van der Waals surface area contributed by atoms with E-state index < -0.39 is 5.54 Å². The Morgan fingerprint density at radius 2 is 1.87 bits per heavy atom. The molecule has 1 spiro atoms. The van der Waals surface area contributed by atoms with Crippen molar-refractivity contribution in [1.82, 2.24) is 19.7 Å². The number of likely N-dealkylation sites (N-methyl/N-ethyl adjacent to an activating group) is 2. The van der Waals surface area contributed by atoms with Gasteiger partial charge in [-0.05, 0) is 37.0 Å². The highest BCUT2D eigenvalue weighted by atomic mass is 16.5. The molecule has 39 heavy (non-hydrogen) atoms. The molecule has 5 rings (SSSR count). The number of carbonyl (C=O) groups is 2. The molecule has 0 bridgehead atoms. The van der Waals surface area contributed by atoms with E-state index in [0.29, 0.717) is 39.0 Å². The Morgan fingerprint density at radius 1 is 1.18 bits per heavy atom. The van der Waals surface area contributed by atoms with E-state index >= 15 is 0 Å². The summed E-state index contributed by atoms with van der Waals surface area (Å²) >= 11 is 0. The van der Waals surface area contributed by atoms with Gasteiger partial charge in [0, 0.05) is 69.4 Å². The molecular formula is C30H45N5O4. The first-order chi connectivity index (χ1) is 18.4. The van der Waals surface area contributed by atoms with E-state index in [1.807, 2.05) is 26.8 Å². The van der Waals surface area contributed by atoms with E-state index in [1.165, 1.54) is 5.57 Å². The number of ether oxygens (including phenoxy) is 2. The number of amides is 3. The maximum atomic E-state index is 13.9. The van der Waals surface area contributed by atoms with Crippen molar-refractivity contribution in [2.45, 2.75) is 78.0 Å². The predicted octanol–water partition coefficient (Wildman–Crippen LogP) is 3.99. The molecule has 0 aromatic carbocycles. The van der Waals surface area contributed by atoms with E-state index in [0.717, 1.165) is 35.6 Å². The largest absolute Gasteiger partial charge is 0.501 e. The van der Waals surface area contributed by atoms with Gasteiger partial charge >= 0.3 is 6.03 Å². The Bertz CT molecular complexity index is 1150. The second kappa shape index (κ2) is 9.98. The van der Waals surface area contributed by atoms with Crippen LogP contribution in [-0.2, 0) is 14.3 Å². The van der Waals surface area contributed by atoms with Crippen LogP contribution in [0.3, 0.4) is 0 Å². The number of piperidine rings is 1. The van der Waals surface area contributed by atoms with Gasteiger partial charge < -0.3 is 19.3 Å². The molecule has 9 nitrogen and oxygen atoms in total. The molecule has 3 unspecified atom stereocenters. The first-order valence-corrected chi connectivity index (χ1v) is 14.4. The lowest BCUT2D eigenvalue weighted by atomic mass is 9.80. The minimum Gasteiger partial charge on any atom is -0.501 e. The third-order valence-electron chi connectivity index (χ3n) is 9.44. The van der Waals surface area contributed by atoms with Crippen molar-refractivity contribution in [2.24, 2.45) is 16.4 Å². The summed E-state index contributed by atoms with van der Waals surface area (Å²) in [5.74, 6) is 1.15. The molecule has 4 heterocycles. The Hall–Kier alpha value is -2.81. The van der Waals surface area contributed by atoms with Crippen LogP contribution >= 0.6 is 0 Å². The number of nitrogens with zero attached hydrogens (tertiary/aromatic N) is 5. The van der Waals surface area contributed by atoms with Crippen LogP contribution in [0.25, 0.3) is 0 Å². The van der Waals surface area contributed by atoms with Gasteiger partial charge in [-0.15, -0.1) is 0 Å². The molecule has 4 aliphatic heterocycles. The van der Waals surface area contributed by atoms with Crippen molar-refractivity contribution >= 4 is 17.6 Å². The fourth-order valence-corrected chi connectivity index (χ4v) is 7.22. The Balaban J connectivity index is 1.39. The number of urea groups is 1. The van der Waals surface area contributed by atoms with E-state index in [4.69, 9.17) is 14.6 Å². The summed E-state index contributed by atoms with van der Waals surface area (Å²) in [7, 11) is 5.34. The van der Waals surface area contributed by atoms with Gasteiger partial charge in [0.1, 0.15) is 6.04 Å². The smallest absolute Gasteiger partial charge is 0.325 e. The van der Waals surface area contributed by atoms with Gasteiger partial charge in [-0.1, -0.05) is 33.8 Å². The first kappa shape index (κ1) is 27.7. The molecule has 0 saturated carbocycles. The fourth-order valence-electron chi connectivity index (χ4n) is 7.22. The van der Waals surface area contributed by atoms with Crippen LogP contribution in [0.2, 0.25) is 0 Å². The molecule has 2 fully saturated rings. The van der Waals surface area contributed by atoms with Crippen LogP contribution in [0.4, 0.5) is 4.79 Å². The summed E-state index contributed by atoms with van der Waals surface area (Å²) in [4.78, 5) is 33.5. The van der Waals surface area contributed by atoms with Gasteiger partial charge in [0.25, 0.3) is 0 Å². The SMILES string of the molecule is CCN1C(=O)N2CC3=C(C(C)C=C2C12CCN(C(=O)C1CC(C(C)(C)C)=NN1C)CC2)C(OC)CC(OC)=C3. The minimum atomic E-state index is -0.406. The standard InChI is InChI=1S/C30H45N5O4/c1-9-35-28(37)34-18-20-15-21(38-7)16-23(39-8)26(20)19(2)14-25(34)30(35)10-12-33(13-11-30)27(36)22-17-24(29(3,4)5)31-32(22)6/h14-15,19,22-23H,9-13,16-18H2,1-8H3. The Kier molecular flexibility index (Phi) is 7.10. The number of fused-ring (bicyclic) bond motifs is 2. The number of carbonyl (C=O) groups excluding carboxylic acids is 2. The van der Waals surface area contributed by atoms with E-state index in [9.17, 15) is 9.59 Å². The molecule has 9 heteroatoms. The highest BCUT2D eigenvalue weighted by Gasteiger charge is 2.56. The third kappa shape index (κ3) is 4.46. The summed E-state index contributed by atoms with van der Waals surface area (Å²) in [6.45, 7) is 13.1. The molecule has 3 atom stereocenters. The van der Waals surface area contributed by atoms with Crippen LogP contribution in [0.1, 0.15) is 60.3 Å². The van der Waals surface area contributed by atoms with Crippen molar-refractivity contribution in [3.8, 4) is 0 Å². The first-order valence-electron chi connectivity index (χ1n) is 14.4. The topological polar surface area (TPSA) is 77.9 Å². The maximum absolute atomic E-state index is 13.9. The van der Waals surface area contributed by atoms with Gasteiger partial charge in [0.05, 0.1) is 31.1 Å². The molecule has 0 N–H and O–H groups in total. The zero-order valence-corrected chi connectivity index (χ0v) is 24.9. The highest BCUT2D eigenvalue weighted by molar-refractivity contribution is 5.96. The number of allylic oxidation sites excluding steroid dienone is 1. The summed E-state index contributed by atoms with van der Waals surface area (Å²) in [6, 6.07) is -0.201. The van der Waals surface area contributed by atoms with Crippen LogP contribution < -0.4 is 0 Å². The summed E-state index contributed by atoms with van der Waals surface area (Å²) in [5.41, 5.74) is 4.04. The predicted molar refractivity (Wildman–Crippen MR) is 151 cm³/mol. The summed E-state index contributed by atoms with van der Waals surface area (Å²) in [5, 5.41) is 6.54. The number of hydrazone groups is 1. The second-order valence-corrected chi connectivity index (χ2v) is 12.6. The molecule has 0 aromatic heterocycles.